The number of anilines is 1. The number of para-hydroxylation sites is 1. The van der Waals surface area contributed by atoms with Gasteiger partial charge in [0.25, 0.3) is 0 Å². The summed E-state index contributed by atoms with van der Waals surface area (Å²) in [5.41, 5.74) is 1.22. The molecule has 0 saturated carbocycles. The summed E-state index contributed by atoms with van der Waals surface area (Å²) >= 11 is 0. The van der Waals surface area contributed by atoms with E-state index < -0.39 is 16.0 Å². The van der Waals surface area contributed by atoms with Crippen molar-refractivity contribution in [2.24, 2.45) is 0 Å². The van der Waals surface area contributed by atoms with Crippen LogP contribution in [-0.4, -0.2) is 52.4 Å². The number of ether oxygens (including phenoxy) is 2. The average Bonchev–Trinajstić information content (AvgIpc) is 2.72. The van der Waals surface area contributed by atoms with Crippen molar-refractivity contribution in [3.63, 3.8) is 0 Å². The molecule has 0 fully saturated rings. The highest BCUT2D eigenvalue weighted by Crippen LogP contribution is 2.25. The van der Waals surface area contributed by atoms with Crippen molar-refractivity contribution in [3.05, 3.63) is 53.6 Å². The van der Waals surface area contributed by atoms with Crippen molar-refractivity contribution in [2.45, 2.75) is 24.7 Å². The number of hydrogen-bond acceptors (Lipinski definition) is 6. The first-order valence-electron chi connectivity index (χ1n) is 9.36. The molecule has 8 nitrogen and oxygen atoms in total. The predicted octanol–water partition coefficient (Wildman–Crippen LogP) is 2.69. The second kappa shape index (κ2) is 10.2. The monoisotopic (exact) mass is 434 g/mol. The minimum atomic E-state index is -3.61. The number of amides is 1. The van der Waals surface area contributed by atoms with Gasteiger partial charge in [-0.3, -0.25) is 4.79 Å². The molecule has 2 aromatic carbocycles. The summed E-state index contributed by atoms with van der Waals surface area (Å²) in [4.78, 5) is 24.6. The van der Waals surface area contributed by atoms with Crippen molar-refractivity contribution in [1.82, 2.24) is 4.31 Å². The van der Waals surface area contributed by atoms with E-state index in [1.807, 2.05) is 0 Å². The fraction of sp³-hybridized carbons (Fsp3) is 0.333. The largest absolute Gasteiger partial charge is 0.496 e. The number of benzene rings is 2. The third-order valence-electron chi connectivity index (χ3n) is 4.35. The lowest BCUT2D eigenvalue weighted by atomic mass is 10.1. The van der Waals surface area contributed by atoms with E-state index in [-0.39, 0.29) is 35.8 Å². The van der Waals surface area contributed by atoms with Crippen LogP contribution in [0.3, 0.4) is 0 Å². The smallest absolute Gasteiger partial charge is 0.340 e. The Balaban J connectivity index is 2.16. The van der Waals surface area contributed by atoms with Crippen molar-refractivity contribution < 1.29 is 27.5 Å². The molecular formula is C21H26N2O6S. The standard InChI is InChI=1S/C21H26N2O6S/c1-5-29-21(25)17-8-6-7-9-18(17)22-20(24)13-10-15-14-16(11-12-19(15)28-4)30(26,27)23(2)3/h6-9,11-12,14H,5,10,13H2,1-4H3,(H,22,24). The Morgan fingerprint density at radius 3 is 2.43 bits per heavy atom. The Morgan fingerprint density at radius 1 is 1.10 bits per heavy atom. The summed E-state index contributed by atoms with van der Waals surface area (Å²) in [6.45, 7) is 1.93. The number of nitrogens with one attached hydrogen (secondary N) is 1. The number of aryl methyl sites for hydroxylation is 1. The highest BCUT2D eigenvalue weighted by atomic mass is 32.2. The van der Waals surface area contributed by atoms with E-state index >= 15 is 0 Å². The molecule has 1 N–H and O–H groups in total. The summed E-state index contributed by atoms with van der Waals surface area (Å²) < 4.78 is 36.2. The van der Waals surface area contributed by atoms with Gasteiger partial charge in [-0.05, 0) is 49.2 Å². The van der Waals surface area contributed by atoms with E-state index in [1.165, 1.54) is 33.3 Å². The van der Waals surface area contributed by atoms with Gasteiger partial charge in [0.2, 0.25) is 15.9 Å². The van der Waals surface area contributed by atoms with E-state index in [0.717, 1.165) is 4.31 Å². The molecule has 0 unspecified atom stereocenters. The van der Waals surface area contributed by atoms with E-state index in [0.29, 0.717) is 17.0 Å². The van der Waals surface area contributed by atoms with Crippen LogP contribution in [0.5, 0.6) is 5.75 Å². The Morgan fingerprint density at radius 2 is 1.80 bits per heavy atom. The Kier molecular flexibility index (Phi) is 7.96. The highest BCUT2D eigenvalue weighted by Gasteiger charge is 2.20. The zero-order valence-electron chi connectivity index (χ0n) is 17.5. The Labute approximate surface area is 176 Å². The van der Waals surface area contributed by atoms with E-state index in [4.69, 9.17) is 9.47 Å². The van der Waals surface area contributed by atoms with Gasteiger partial charge in [0.15, 0.2) is 0 Å². The number of methoxy groups -OCH3 is 1. The molecule has 0 aromatic heterocycles. The molecule has 0 spiro atoms. The van der Waals surface area contributed by atoms with E-state index in [1.54, 1.807) is 37.3 Å². The summed E-state index contributed by atoms with van der Waals surface area (Å²) in [5.74, 6) is -0.348. The lowest BCUT2D eigenvalue weighted by molar-refractivity contribution is -0.116. The molecular weight excluding hydrogens is 408 g/mol. The maximum absolute atomic E-state index is 12.5. The topological polar surface area (TPSA) is 102 Å². The zero-order chi connectivity index (χ0) is 22.3. The molecule has 2 rings (SSSR count). The molecule has 0 heterocycles. The van der Waals surface area contributed by atoms with Crippen LogP contribution in [0.4, 0.5) is 5.69 Å². The van der Waals surface area contributed by atoms with Gasteiger partial charge < -0.3 is 14.8 Å². The number of carbonyl (C=O) groups excluding carboxylic acids is 2. The normalized spacial score (nSPS) is 11.2. The van der Waals surface area contributed by atoms with Crippen LogP contribution in [-0.2, 0) is 26.0 Å². The summed E-state index contributed by atoms with van der Waals surface area (Å²) in [6, 6.07) is 11.1. The highest BCUT2D eigenvalue weighted by molar-refractivity contribution is 7.89. The van der Waals surface area contributed by atoms with Gasteiger partial charge in [0.1, 0.15) is 5.75 Å². The molecule has 1 amide bonds. The van der Waals surface area contributed by atoms with Crippen molar-refractivity contribution in [2.75, 3.05) is 33.1 Å². The maximum Gasteiger partial charge on any atom is 0.340 e. The molecule has 0 aliphatic heterocycles. The third-order valence-corrected chi connectivity index (χ3v) is 6.16. The molecule has 9 heteroatoms. The molecule has 0 bridgehead atoms. The van der Waals surface area contributed by atoms with Crippen LogP contribution in [0.1, 0.15) is 29.3 Å². The van der Waals surface area contributed by atoms with Gasteiger partial charge in [-0.15, -0.1) is 0 Å². The number of sulfonamides is 1. The van der Waals surface area contributed by atoms with Crippen molar-refractivity contribution in [3.8, 4) is 5.75 Å². The fourth-order valence-electron chi connectivity index (χ4n) is 2.76. The van der Waals surface area contributed by atoms with E-state index in [2.05, 4.69) is 5.32 Å². The molecule has 2 aromatic rings. The minimum Gasteiger partial charge on any atom is -0.496 e. The lowest BCUT2D eigenvalue weighted by Gasteiger charge is -2.15. The number of carbonyl (C=O) groups is 2. The van der Waals surface area contributed by atoms with Crippen molar-refractivity contribution in [1.29, 1.82) is 0 Å². The maximum atomic E-state index is 12.5. The lowest BCUT2D eigenvalue weighted by Crippen LogP contribution is -2.22. The first-order chi connectivity index (χ1) is 14.2. The van der Waals surface area contributed by atoms with Crippen LogP contribution in [0.15, 0.2) is 47.4 Å². The van der Waals surface area contributed by atoms with Gasteiger partial charge in [-0.25, -0.2) is 17.5 Å². The zero-order valence-corrected chi connectivity index (χ0v) is 18.3. The Bertz CT molecular complexity index is 1020. The van der Waals surface area contributed by atoms with Crippen LogP contribution in [0, 0.1) is 0 Å². The second-order valence-electron chi connectivity index (χ2n) is 6.58. The molecule has 0 aliphatic rings. The van der Waals surface area contributed by atoms with Gasteiger partial charge in [-0.2, -0.15) is 0 Å². The molecule has 0 aliphatic carbocycles. The number of rotatable bonds is 9. The molecule has 30 heavy (non-hydrogen) atoms. The van der Waals surface area contributed by atoms with Crippen molar-refractivity contribution >= 4 is 27.6 Å². The molecule has 0 atom stereocenters. The number of hydrogen-bond donors (Lipinski definition) is 1. The first kappa shape index (κ1) is 23.4. The van der Waals surface area contributed by atoms with Gasteiger partial charge in [-0.1, -0.05) is 12.1 Å². The Hall–Kier alpha value is -2.91. The number of esters is 1. The third kappa shape index (κ3) is 5.58. The number of nitrogens with zero attached hydrogens (tertiary/aromatic N) is 1. The molecule has 0 radical (unpaired) electrons. The predicted molar refractivity (Wildman–Crippen MR) is 113 cm³/mol. The first-order valence-corrected chi connectivity index (χ1v) is 10.8. The van der Waals surface area contributed by atoms with Gasteiger partial charge >= 0.3 is 5.97 Å². The average molecular weight is 435 g/mol. The second-order valence-corrected chi connectivity index (χ2v) is 8.73. The van der Waals surface area contributed by atoms with Gasteiger partial charge in [0.05, 0.1) is 29.9 Å². The molecule has 0 saturated heterocycles. The quantitative estimate of drug-likeness (QED) is 0.609. The fourth-order valence-corrected chi connectivity index (χ4v) is 3.71. The summed E-state index contributed by atoms with van der Waals surface area (Å²) in [7, 11) is 0.779. The SMILES string of the molecule is CCOC(=O)c1ccccc1NC(=O)CCc1cc(S(=O)(=O)N(C)C)ccc1OC. The van der Waals surface area contributed by atoms with Crippen LogP contribution >= 0.6 is 0 Å². The van der Waals surface area contributed by atoms with Crippen LogP contribution < -0.4 is 10.1 Å². The minimum absolute atomic E-state index is 0.0684. The summed E-state index contributed by atoms with van der Waals surface area (Å²) in [5, 5.41) is 2.71. The molecule has 162 valence electrons. The van der Waals surface area contributed by atoms with Gasteiger partial charge in [0, 0.05) is 20.5 Å². The van der Waals surface area contributed by atoms with Crippen LogP contribution in [0.2, 0.25) is 0 Å². The van der Waals surface area contributed by atoms with Crippen LogP contribution in [0.25, 0.3) is 0 Å². The summed E-state index contributed by atoms with van der Waals surface area (Å²) in [6.07, 6.45) is 0.326. The van der Waals surface area contributed by atoms with E-state index in [9.17, 15) is 18.0 Å².